The summed E-state index contributed by atoms with van der Waals surface area (Å²) in [6.07, 6.45) is -4.05. The van der Waals surface area contributed by atoms with Gasteiger partial charge in [-0.3, -0.25) is 14.5 Å². The highest BCUT2D eigenvalue weighted by atomic mass is 19.4. The standard InChI is InChI=1S/C18H23F3N2O4/c1-12-4-2-5-13(8-12)27-7-3-6-22-16(24)11-23-9-14(17(25)26)15(10-23)18(19,20)21/h2,4-5,8,14-15H,3,6-7,9-11H2,1H3,(H,22,24)(H,25,26)/t14-,15-/m1/s1. The van der Waals surface area contributed by atoms with Crippen LogP contribution in [0, 0.1) is 18.8 Å². The molecule has 1 saturated heterocycles. The van der Waals surface area contributed by atoms with Crippen molar-refractivity contribution in [1.29, 1.82) is 0 Å². The van der Waals surface area contributed by atoms with E-state index in [-0.39, 0.29) is 13.1 Å². The van der Waals surface area contributed by atoms with Crippen molar-refractivity contribution in [3.8, 4) is 5.75 Å². The minimum Gasteiger partial charge on any atom is -0.494 e. The van der Waals surface area contributed by atoms with Gasteiger partial charge >= 0.3 is 12.1 Å². The molecule has 0 saturated carbocycles. The van der Waals surface area contributed by atoms with Crippen LogP contribution in [-0.4, -0.2) is 60.8 Å². The molecule has 27 heavy (non-hydrogen) atoms. The number of halogens is 3. The molecule has 2 atom stereocenters. The largest absolute Gasteiger partial charge is 0.494 e. The van der Waals surface area contributed by atoms with E-state index in [9.17, 15) is 22.8 Å². The Hall–Kier alpha value is -2.29. The zero-order valence-electron chi connectivity index (χ0n) is 15.0. The molecule has 1 aromatic carbocycles. The van der Waals surface area contributed by atoms with E-state index in [1.807, 2.05) is 31.2 Å². The average Bonchev–Trinajstić information content (AvgIpc) is 2.99. The molecule has 0 bridgehead atoms. The van der Waals surface area contributed by atoms with E-state index in [1.54, 1.807) is 0 Å². The minimum absolute atomic E-state index is 0.255. The Morgan fingerprint density at radius 2 is 2.07 bits per heavy atom. The highest BCUT2D eigenvalue weighted by molar-refractivity contribution is 5.78. The Morgan fingerprint density at radius 3 is 2.67 bits per heavy atom. The monoisotopic (exact) mass is 388 g/mol. The van der Waals surface area contributed by atoms with Crippen LogP contribution in [0.25, 0.3) is 0 Å². The summed E-state index contributed by atoms with van der Waals surface area (Å²) in [5.74, 6) is -4.69. The van der Waals surface area contributed by atoms with Crippen LogP contribution in [0.2, 0.25) is 0 Å². The van der Waals surface area contributed by atoms with Crippen LogP contribution in [0.5, 0.6) is 5.75 Å². The average molecular weight is 388 g/mol. The predicted octanol–water partition coefficient (Wildman–Crippen LogP) is 2.08. The van der Waals surface area contributed by atoms with Gasteiger partial charge in [-0.25, -0.2) is 0 Å². The van der Waals surface area contributed by atoms with Crippen molar-refractivity contribution in [3.05, 3.63) is 29.8 Å². The number of hydrogen-bond acceptors (Lipinski definition) is 4. The summed E-state index contributed by atoms with van der Waals surface area (Å²) >= 11 is 0. The number of ether oxygens (including phenoxy) is 1. The second-order valence-electron chi connectivity index (χ2n) is 6.66. The molecule has 6 nitrogen and oxygen atoms in total. The number of nitrogens with zero attached hydrogens (tertiary/aromatic N) is 1. The smallest absolute Gasteiger partial charge is 0.393 e. The van der Waals surface area contributed by atoms with E-state index >= 15 is 0 Å². The van der Waals surface area contributed by atoms with Crippen molar-refractivity contribution < 1.29 is 32.6 Å². The molecule has 1 heterocycles. The maximum Gasteiger partial charge on any atom is 0.393 e. The van der Waals surface area contributed by atoms with Crippen molar-refractivity contribution in [2.45, 2.75) is 19.5 Å². The number of benzene rings is 1. The Labute approximate surface area is 155 Å². The second-order valence-corrected chi connectivity index (χ2v) is 6.66. The first-order valence-electron chi connectivity index (χ1n) is 8.65. The van der Waals surface area contributed by atoms with Gasteiger partial charge in [0.2, 0.25) is 5.91 Å². The summed E-state index contributed by atoms with van der Waals surface area (Å²) in [7, 11) is 0. The summed E-state index contributed by atoms with van der Waals surface area (Å²) < 4.78 is 44.3. The Morgan fingerprint density at radius 1 is 1.33 bits per heavy atom. The number of amides is 1. The van der Waals surface area contributed by atoms with Crippen LogP contribution in [-0.2, 0) is 9.59 Å². The van der Waals surface area contributed by atoms with E-state index in [2.05, 4.69) is 5.32 Å². The number of carbonyl (C=O) groups excluding carboxylic acids is 1. The fourth-order valence-corrected chi connectivity index (χ4v) is 3.05. The third kappa shape index (κ3) is 6.42. The molecule has 9 heteroatoms. The van der Waals surface area contributed by atoms with E-state index in [0.29, 0.717) is 19.6 Å². The van der Waals surface area contributed by atoms with Gasteiger partial charge in [-0.05, 0) is 31.0 Å². The Bertz CT molecular complexity index is 666. The molecule has 2 rings (SSSR count). The molecule has 150 valence electrons. The van der Waals surface area contributed by atoms with Crippen molar-refractivity contribution in [3.63, 3.8) is 0 Å². The van der Waals surface area contributed by atoms with E-state index in [4.69, 9.17) is 9.84 Å². The van der Waals surface area contributed by atoms with Gasteiger partial charge in [-0.15, -0.1) is 0 Å². The van der Waals surface area contributed by atoms with Crippen LogP contribution in [0.15, 0.2) is 24.3 Å². The molecule has 0 spiro atoms. The maximum atomic E-state index is 12.9. The van der Waals surface area contributed by atoms with Gasteiger partial charge in [-0.2, -0.15) is 13.2 Å². The number of aliphatic carboxylic acids is 1. The first kappa shape index (κ1) is 21.0. The zero-order valence-corrected chi connectivity index (χ0v) is 15.0. The molecule has 1 aliphatic rings. The van der Waals surface area contributed by atoms with E-state index in [0.717, 1.165) is 11.3 Å². The lowest BCUT2D eigenvalue weighted by Gasteiger charge is -2.18. The third-order valence-corrected chi connectivity index (χ3v) is 4.40. The predicted molar refractivity (Wildman–Crippen MR) is 91.4 cm³/mol. The van der Waals surface area contributed by atoms with Crippen molar-refractivity contribution >= 4 is 11.9 Å². The maximum absolute atomic E-state index is 12.9. The number of carboxylic acids is 1. The molecule has 1 fully saturated rings. The van der Waals surface area contributed by atoms with Crippen molar-refractivity contribution in [2.75, 3.05) is 32.8 Å². The fraction of sp³-hybridized carbons (Fsp3) is 0.556. The van der Waals surface area contributed by atoms with Crippen LogP contribution in [0.3, 0.4) is 0 Å². The Kier molecular flexibility index (Phi) is 7.06. The number of alkyl halides is 3. The van der Waals surface area contributed by atoms with Crippen LogP contribution in [0.4, 0.5) is 13.2 Å². The molecule has 1 aliphatic heterocycles. The third-order valence-electron chi connectivity index (χ3n) is 4.40. The van der Waals surface area contributed by atoms with Crippen LogP contribution in [0.1, 0.15) is 12.0 Å². The summed E-state index contributed by atoms with van der Waals surface area (Å²) in [5.41, 5.74) is 1.07. The van der Waals surface area contributed by atoms with Gasteiger partial charge in [0.15, 0.2) is 0 Å². The zero-order chi connectivity index (χ0) is 20.0. The molecule has 2 N–H and O–H groups in total. The number of rotatable bonds is 8. The van der Waals surface area contributed by atoms with E-state index in [1.165, 1.54) is 4.90 Å². The molecule has 1 amide bonds. The highest BCUT2D eigenvalue weighted by Crippen LogP contribution is 2.37. The van der Waals surface area contributed by atoms with Crippen molar-refractivity contribution in [2.24, 2.45) is 11.8 Å². The van der Waals surface area contributed by atoms with Gasteiger partial charge in [0.05, 0.1) is 25.0 Å². The van der Waals surface area contributed by atoms with Crippen LogP contribution < -0.4 is 10.1 Å². The summed E-state index contributed by atoms with van der Waals surface area (Å²) in [6, 6.07) is 7.54. The number of carbonyl (C=O) groups is 2. The first-order valence-corrected chi connectivity index (χ1v) is 8.65. The highest BCUT2D eigenvalue weighted by Gasteiger charge is 2.52. The Balaban J connectivity index is 1.69. The quantitative estimate of drug-likeness (QED) is 0.667. The fourth-order valence-electron chi connectivity index (χ4n) is 3.05. The SMILES string of the molecule is Cc1cccc(OCCCNC(=O)CN2C[C@@H](C(F)(F)F)[C@H](C(=O)O)C2)c1. The summed E-state index contributed by atoms with van der Waals surface area (Å²) in [6.45, 7) is 1.64. The topological polar surface area (TPSA) is 78.9 Å². The number of nitrogens with one attached hydrogen (secondary N) is 1. The number of likely N-dealkylation sites (tertiary alicyclic amines) is 1. The summed E-state index contributed by atoms with van der Waals surface area (Å²) in [5, 5.41) is 11.6. The normalized spacial score (nSPS) is 20.4. The first-order chi connectivity index (χ1) is 12.7. The second kappa shape index (κ2) is 9.07. The molecule has 0 unspecified atom stereocenters. The van der Waals surface area contributed by atoms with Gasteiger partial charge < -0.3 is 15.2 Å². The summed E-state index contributed by atoms with van der Waals surface area (Å²) in [4.78, 5) is 24.1. The lowest BCUT2D eigenvalue weighted by molar-refractivity contribution is -0.188. The lowest BCUT2D eigenvalue weighted by Crippen LogP contribution is -2.37. The van der Waals surface area contributed by atoms with Gasteiger partial charge in [0.25, 0.3) is 0 Å². The lowest BCUT2D eigenvalue weighted by atomic mass is 9.96. The number of aryl methyl sites for hydroxylation is 1. The molecule has 0 aromatic heterocycles. The molecular formula is C18H23F3N2O4. The molecule has 0 radical (unpaired) electrons. The van der Waals surface area contributed by atoms with Gasteiger partial charge in [0, 0.05) is 19.6 Å². The van der Waals surface area contributed by atoms with Gasteiger partial charge in [-0.1, -0.05) is 12.1 Å². The molecule has 0 aliphatic carbocycles. The molecule has 1 aromatic rings. The van der Waals surface area contributed by atoms with Crippen molar-refractivity contribution in [1.82, 2.24) is 10.2 Å². The van der Waals surface area contributed by atoms with E-state index < -0.39 is 36.4 Å². The van der Waals surface area contributed by atoms with Crippen LogP contribution >= 0.6 is 0 Å². The number of hydrogen-bond donors (Lipinski definition) is 2. The van der Waals surface area contributed by atoms with Gasteiger partial charge in [0.1, 0.15) is 5.75 Å². The number of carboxylic acid groups (broad SMARTS) is 1. The minimum atomic E-state index is -4.60. The molecular weight excluding hydrogens is 365 g/mol.